The van der Waals surface area contributed by atoms with Crippen LogP contribution in [0.5, 0.6) is 0 Å². The Bertz CT molecular complexity index is 806. The highest BCUT2D eigenvalue weighted by Gasteiger charge is 2.35. The van der Waals surface area contributed by atoms with Crippen LogP contribution >= 0.6 is 0 Å². The summed E-state index contributed by atoms with van der Waals surface area (Å²) >= 11 is 0. The van der Waals surface area contributed by atoms with Gasteiger partial charge in [0, 0.05) is 30.7 Å². The third-order valence-electron chi connectivity index (χ3n) is 3.45. The Morgan fingerprint density at radius 3 is 2.58 bits per heavy atom. The van der Waals surface area contributed by atoms with E-state index < -0.39 is 23.3 Å². The first kappa shape index (κ1) is 18.0. The summed E-state index contributed by atoms with van der Waals surface area (Å²) in [6.45, 7) is 4.12. The number of nitrogens with zero attached hydrogens (tertiary/aromatic N) is 3. The second-order valence-corrected chi connectivity index (χ2v) is 5.85. The van der Waals surface area contributed by atoms with Gasteiger partial charge in [-0.3, -0.25) is 18.8 Å². The maximum absolute atomic E-state index is 13.2. The number of carbonyl (C=O) groups is 1. The molecule has 6 nitrogen and oxygen atoms in total. The van der Waals surface area contributed by atoms with Gasteiger partial charge in [-0.2, -0.15) is 18.3 Å². The van der Waals surface area contributed by atoms with Crippen molar-refractivity contribution in [3.05, 3.63) is 28.2 Å². The largest absolute Gasteiger partial charge is 0.469 e. The van der Waals surface area contributed by atoms with E-state index in [9.17, 15) is 22.8 Å². The van der Waals surface area contributed by atoms with Crippen molar-refractivity contribution in [2.45, 2.75) is 39.5 Å². The lowest BCUT2D eigenvalue weighted by molar-refractivity contribution is -0.141. The SMILES string of the molecule is COC(=O)CCn1c(=O)cc(C(F)(F)F)c2cn(CC(C)C)nc21. The molecule has 0 spiro atoms. The molecule has 132 valence electrons. The normalized spacial score (nSPS) is 12.1. The number of ether oxygens (including phenoxy) is 1. The number of fused-ring (bicyclic) bond motifs is 1. The summed E-state index contributed by atoms with van der Waals surface area (Å²) in [5.41, 5.74) is -1.96. The summed E-state index contributed by atoms with van der Waals surface area (Å²) < 4.78 is 46.6. The third-order valence-corrected chi connectivity index (χ3v) is 3.45. The molecule has 0 amide bonds. The number of rotatable bonds is 5. The Kier molecular flexibility index (Phi) is 5.00. The van der Waals surface area contributed by atoms with Gasteiger partial charge in [0.2, 0.25) is 0 Å². The molecular formula is C15H18F3N3O3. The fourth-order valence-electron chi connectivity index (χ4n) is 2.41. The second kappa shape index (κ2) is 6.66. The molecule has 0 fully saturated rings. The fourth-order valence-corrected chi connectivity index (χ4v) is 2.41. The third kappa shape index (κ3) is 3.77. The highest BCUT2D eigenvalue weighted by atomic mass is 19.4. The number of hydrogen-bond acceptors (Lipinski definition) is 4. The van der Waals surface area contributed by atoms with Crippen LogP contribution in [0.25, 0.3) is 11.0 Å². The van der Waals surface area contributed by atoms with Gasteiger partial charge in [0.25, 0.3) is 5.56 Å². The first-order valence-corrected chi connectivity index (χ1v) is 7.38. The van der Waals surface area contributed by atoms with Crippen LogP contribution in [-0.2, 0) is 28.8 Å². The average molecular weight is 345 g/mol. The van der Waals surface area contributed by atoms with Gasteiger partial charge < -0.3 is 4.74 Å². The molecule has 2 heterocycles. The van der Waals surface area contributed by atoms with E-state index >= 15 is 0 Å². The van der Waals surface area contributed by atoms with E-state index in [1.165, 1.54) is 18.0 Å². The smallest absolute Gasteiger partial charge is 0.417 e. The number of alkyl halides is 3. The van der Waals surface area contributed by atoms with Crippen molar-refractivity contribution in [1.82, 2.24) is 14.3 Å². The Morgan fingerprint density at radius 1 is 1.38 bits per heavy atom. The molecule has 0 aliphatic rings. The first-order valence-electron chi connectivity index (χ1n) is 7.38. The minimum Gasteiger partial charge on any atom is -0.469 e. The van der Waals surface area contributed by atoms with Crippen LogP contribution in [0.2, 0.25) is 0 Å². The van der Waals surface area contributed by atoms with Crippen molar-refractivity contribution in [2.75, 3.05) is 7.11 Å². The molecule has 2 rings (SSSR count). The molecule has 0 N–H and O–H groups in total. The van der Waals surface area contributed by atoms with Gasteiger partial charge in [0.15, 0.2) is 5.65 Å². The number of methoxy groups -OCH3 is 1. The fraction of sp³-hybridized carbons (Fsp3) is 0.533. The molecule has 0 saturated carbocycles. The number of hydrogen-bond donors (Lipinski definition) is 0. The van der Waals surface area contributed by atoms with Crippen LogP contribution in [0.1, 0.15) is 25.8 Å². The zero-order valence-electron chi connectivity index (χ0n) is 13.6. The molecule has 0 bridgehead atoms. The number of carbonyl (C=O) groups excluding carboxylic acids is 1. The van der Waals surface area contributed by atoms with Gasteiger partial charge in [0.05, 0.1) is 19.1 Å². The predicted molar refractivity (Wildman–Crippen MR) is 80.5 cm³/mol. The predicted octanol–water partition coefficient (Wildman–Crippen LogP) is 2.44. The Balaban J connectivity index is 2.61. The highest BCUT2D eigenvalue weighted by Crippen LogP contribution is 2.33. The molecule has 2 aromatic rings. The minimum absolute atomic E-state index is 0.0839. The molecule has 9 heteroatoms. The molecule has 24 heavy (non-hydrogen) atoms. The van der Waals surface area contributed by atoms with Crippen LogP contribution in [0, 0.1) is 5.92 Å². The van der Waals surface area contributed by atoms with Gasteiger partial charge in [0.1, 0.15) is 0 Å². The quantitative estimate of drug-likeness (QED) is 0.781. The minimum atomic E-state index is -4.66. The van der Waals surface area contributed by atoms with E-state index in [2.05, 4.69) is 9.84 Å². The average Bonchev–Trinajstić information content (AvgIpc) is 2.86. The lowest BCUT2D eigenvalue weighted by Crippen LogP contribution is -2.24. The maximum atomic E-state index is 13.2. The molecule has 0 saturated heterocycles. The van der Waals surface area contributed by atoms with E-state index in [0.29, 0.717) is 12.6 Å². The van der Waals surface area contributed by atoms with Gasteiger partial charge in [-0.25, -0.2) is 0 Å². The summed E-state index contributed by atoms with van der Waals surface area (Å²) in [5.74, 6) is -0.388. The van der Waals surface area contributed by atoms with Gasteiger partial charge in [-0.1, -0.05) is 13.8 Å². The van der Waals surface area contributed by atoms with Crippen LogP contribution < -0.4 is 5.56 Å². The van der Waals surface area contributed by atoms with Crippen LogP contribution in [0.15, 0.2) is 17.1 Å². The summed E-state index contributed by atoms with van der Waals surface area (Å²) in [6, 6.07) is 0.543. The van der Waals surface area contributed by atoms with Gasteiger partial charge in [-0.15, -0.1) is 0 Å². The Labute approximate surface area is 135 Å². The van der Waals surface area contributed by atoms with E-state index in [1.54, 1.807) is 0 Å². The highest BCUT2D eigenvalue weighted by molar-refractivity contribution is 5.79. The zero-order chi connectivity index (χ0) is 18.1. The molecule has 2 aromatic heterocycles. The summed E-state index contributed by atoms with van der Waals surface area (Å²) in [6.07, 6.45) is -3.51. The summed E-state index contributed by atoms with van der Waals surface area (Å²) in [7, 11) is 1.20. The van der Waals surface area contributed by atoms with Crippen LogP contribution in [0.4, 0.5) is 13.2 Å². The van der Waals surface area contributed by atoms with Gasteiger partial charge in [-0.05, 0) is 5.92 Å². The number of aromatic nitrogens is 3. The molecule has 0 radical (unpaired) electrons. The van der Waals surface area contributed by atoms with Crippen LogP contribution in [0.3, 0.4) is 0 Å². The van der Waals surface area contributed by atoms with E-state index in [-0.39, 0.29) is 29.9 Å². The lowest BCUT2D eigenvalue weighted by atomic mass is 10.2. The van der Waals surface area contributed by atoms with Crippen molar-refractivity contribution < 1.29 is 22.7 Å². The molecule has 0 aromatic carbocycles. The first-order chi connectivity index (χ1) is 11.1. The second-order valence-electron chi connectivity index (χ2n) is 5.85. The molecule has 0 unspecified atom stereocenters. The molecule has 0 aliphatic carbocycles. The zero-order valence-corrected chi connectivity index (χ0v) is 13.6. The van der Waals surface area contributed by atoms with Crippen molar-refractivity contribution in [2.24, 2.45) is 5.92 Å². The van der Waals surface area contributed by atoms with Crippen molar-refractivity contribution in [1.29, 1.82) is 0 Å². The molecule has 0 aliphatic heterocycles. The number of aryl methyl sites for hydroxylation is 1. The molecule has 0 atom stereocenters. The van der Waals surface area contributed by atoms with Crippen molar-refractivity contribution >= 4 is 17.0 Å². The standard InChI is InChI=1S/C15H18F3N3O3/c1-9(2)7-20-8-10-11(15(16,17)18)6-12(22)21(14(10)19-20)5-4-13(23)24-3/h6,8-9H,4-5,7H2,1-3H3. The van der Waals surface area contributed by atoms with E-state index in [1.807, 2.05) is 13.8 Å². The maximum Gasteiger partial charge on any atom is 0.417 e. The number of halogens is 3. The number of esters is 1. The van der Waals surface area contributed by atoms with E-state index in [0.717, 1.165) is 4.57 Å². The monoisotopic (exact) mass is 345 g/mol. The van der Waals surface area contributed by atoms with Crippen molar-refractivity contribution in [3.63, 3.8) is 0 Å². The van der Waals surface area contributed by atoms with Crippen molar-refractivity contribution in [3.8, 4) is 0 Å². The Morgan fingerprint density at radius 2 is 2.04 bits per heavy atom. The van der Waals surface area contributed by atoms with Crippen LogP contribution in [-0.4, -0.2) is 27.4 Å². The molecular weight excluding hydrogens is 327 g/mol. The topological polar surface area (TPSA) is 66.1 Å². The Hall–Kier alpha value is -2.32. The summed E-state index contributed by atoms with van der Waals surface area (Å²) in [4.78, 5) is 23.4. The van der Waals surface area contributed by atoms with E-state index in [4.69, 9.17) is 0 Å². The van der Waals surface area contributed by atoms with Gasteiger partial charge >= 0.3 is 12.1 Å². The lowest BCUT2D eigenvalue weighted by Gasteiger charge is -2.11. The summed E-state index contributed by atoms with van der Waals surface area (Å²) in [5, 5.41) is 3.96. The number of pyridine rings is 1.